The summed E-state index contributed by atoms with van der Waals surface area (Å²) < 4.78 is 34.2. The Bertz CT molecular complexity index is 1910. The minimum absolute atomic E-state index is 0.232. The van der Waals surface area contributed by atoms with Crippen LogP contribution in [0.1, 0.15) is 206 Å². The number of aliphatic hydroxyl groups excluding tert-OH is 11. The van der Waals surface area contributed by atoms with E-state index >= 15 is 0 Å². The number of allylic oxidation sites excluding steroid dienone is 13. The van der Waals surface area contributed by atoms with Gasteiger partial charge in [0.25, 0.3) is 0 Å². The van der Waals surface area contributed by atoms with Crippen LogP contribution in [-0.4, -0.2) is 193 Å². The largest absolute Gasteiger partial charge is 0.394 e. The SMILES string of the molecule is CC/C=C\C/C=C\C/C=C\C/C=C\C/C=C\CCCCCCCCCCCCCCCCCCCC(=O)NC(COC1OC(CO)C(OC2OC(CO)C(OC3OC(CO)C(O)C(O)C3O)C(O)C2O)C(O)C1O)C(O)/C=C/CC/C=C/CCCCC. The van der Waals surface area contributed by atoms with Gasteiger partial charge in [0.05, 0.1) is 38.6 Å². The lowest BCUT2D eigenvalue weighted by molar-refractivity contribution is -0.379. The van der Waals surface area contributed by atoms with E-state index in [9.17, 15) is 61.0 Å². The number of carbonyl (C=O) groups excluding carboxylic acids is 1. The van der Waals surface area contributed by atoms with Gasteiger partial charge in [0, 0.05) is 6.42 Å². The highest BCUT2D eigenvalue weighted by atomic mass is 16.8. The van der Waals surface area contributed by atoms with Gasteiger partial charge in [-0.3, -0.25) is 4.79 Å². The number of ether oxygens (including phenoxy) is 6. The fourth-order valence-electron chi connectivity index (χ4n) is 10.8. The first-order valence-corrected chi connectivity index (χ1v) is 33.3. The molecule has 17 unspecified atom stereocenters. The Hall–Kier alpha value is -3.03. The molecule has 3 aliphatic rings. The molecule has 1 amide bonds. The zero-order valence-electron chi connectivity index (χ0n) is 52.7. The van der Waals surface area contributed by atoms with E-state index in [0.717, 1.165) is 77.0 Å². The maximum atomic E-state index is 13.3. The topological polar surface area (TPSA) is 307 Å². The van der Waals surface area contributed by atoms with Gasteiger partial charge in [0.15, 0.2) is 18.9 Å². The van der Waals surface area contributed by atoms with Crippen molar-refractivity contribution in [2.24, 2.45) is 0 Å². The average Bonchev–Trinajstić information content (AvgIpc) is 1.04. The normalized spacial score (nSPS) is 29.1. The van der Waals surface area contributed by atoms with Crippen LogP contribution in [0.15, 0.2) is 85.1 Å². The second-order valence-electron chi connectivity index (χ2n) is 23.5. The van der Waals surface area contributed by atoms with Gasteiger partial charge < -0.3 is 89.9 Å². The summed E-state index contributed by atoms with van der Waals surface area (Å²) in [6.45, 7) is 1.52. The number of hydrogen-bond donors (Lipinski definition) is 12. The van der Waals surface area contributed by atoms with Crippen LogP contribution in [0.5, 0.6) is 0 Å². The minimum atomic E-state index is -1.98. The van der Waals surface area contributed by atoms with Crippen LogP contribution in [0.2, 0.25) is 0 Å². The molecule has 87 heavy (non-hydrogen) atoms. The van der Waals surface area contributed by atoms with Crippen molar-refractivity contribution >= 4 is 5.91 Å². The first kappa shape index (κ1) is 78.2. The number of aliphatic hydroxyl groups is 11. The Morgan fingerprint density at radius 3 is 1.29 bits per heavy atom. The van der Waals surface area contributed by atoms with Gasteiger partial charge in [-0.05, 0) is 77.0 Å². The second-order valence-corrected chi connectivity index (χ2v) is 23.5. The summed E-state index contributed by atoms with van der Waals surface area (Å²) in [4.78, 5) is 13.3. The number of amides is 1. The van der Waals surface area contributed by atoms with E-state index in [-0.39, 0.29) is 18.9 Å². The van der Waals surface area contributed by atoms with Crippen LogP contribution in [-0.2, 0) is 33.2 Å². The van der Waals surface area contributed by atoms with E-state index in [1.807, 2.05) is 6.08 Å². The third kappa shape index (κ3) is 32.2. The molecule has 3 fully saturated rings. The third-order valence-corrected chi connectivity index (χ3v) is 16.2. The fourth-order valence-corrected chi connectivity index (χ4v) is 10.8. The molecule has 0 aromatic carbocycles. The van der Waals surface area contributed by atoms with Crippen LogP contribution in [0, 0.1) is 0 Å². The molecule has 19 heteroatoms. The van der Waals surface area contributed by atoms with Crippen molar-refractivity contribution in [2.75, 3.05) is 26.4 Å². The molecule has 0 aliphatic carbocycles. The average molecular weight is 1240 g/mol. The first-order valence-electron chi connectivity index (χ1n) is 33.3. The van der Waals surface area contributed by atoms with E-state index < -0.39 is 124 Å². The number of unbranched alkanes of at least 4 members (excludes halogenated alkanes) is 21. The molecule has 0 bridgehead atoms. The molecule has 0 saturated carbocycles. The molecule has 3 heterocycles. The molecule has 3 aliphatic heterocycles. The highest BCUT2D eigenvalue weighted by Gasteiger charge is 2.53. The summed E-state index contributed by atoms with van der Waals surface area (Å²) in [6.07, 6.45) is 36.1. The Morgan fingerprint density at radius 2 is 0.805 bits per heavy atom. The standard InChI is InChI=1S/C68H117NO18/c1-3-5-7-9-11-13-14-15-16-17-18-19-20-21-22-23-24-25-26-27-28-29-30-31-32-33-34-35-36-38-40-42-44-46-56(74)69-51(52(73)45-43-41-39-37-12-10-8-6-4-2)50-82-66-62(80)59(77)64(54(48-71)84-66)87-68-63(81)60(78)65(55(49-72)85-68)86-67-61(79)58(76)57(75)53(47-70)83-67/h5,7,11-13,15-16,18-19,21-22,37,43,45,51-55,57-68,70-73,75-81H,3-4,6,8-10,14,17,20,23-36,38-42,44,46-50H2,1-2H3,(H,69,74)/b7-5-,13-11-,16-15-,19-18-,22-21-,37-12+,45-43+. The molecule has 19 nitrogen and oxygen atoms in total. The van der Waals surface area contributed by atoms with Gasteiger partial charge in [0.2, 0.25) is 5.91 Å². The molecule has 0 spiro atoms. The monoisotopic (exact) mass is 1240 g/mol. The van der Waals surface area contributed by atoms with E-state index in [1.165, 1.54) is 96.3 Å². The van der Waals surface area contributed by atoms with E-state index in [0.29, 0.717) is 12.8 Å². The van der Waals surface area contributed by atoms with Gasteiger partial charge in [-0.1, -0.05) is 208 Å². The molecule has 3 saturated heterocycles. The molecule has 12 N–H and O–H groups in total. The predicted octanol–water partition coefficient (Wildman–Crippen LogP) is 7.93. The minimum Gasteiger partial charge on any atom is -0.394 e. The molecule has 502 valence electrons. The van der Waals surface area contributed by atoms with Gasteiger partial charge >= 0.3 is 0 Å². The molecule has 17 atom stereocenters. The maximum Gasteiger partial charge on any atom is 0.220 e. The van der Waals surface area contributed by atoms with Gasteiger partial charge in [-0.25, -0.2) is 0 Å². The van der Waals surface area contributed by atoms with E-state index in [4.69, 9.17) is 28.4 Å². The van der Waals surface area contributed by atoms with Crippen LogP contribution in [0.25, 0.3) is 0 Å². The molecule has 0 aromatic heterocycles. The van der Waals surface area contributed by atoms with Crippen molar-refractivity contribution in [3.8, 4) is 0 Å². The number of hydrogen-bond acceptors (Lipinski definition) is 18. The lowest BCUT2D eigenvalue weighted by Crippen LogP contribution is -2.66. The predicted molar refractivity (Wildman–Crippen MR) is 337 cm³/mol. The van der Waals surface area contributed by atoms with Gasteiger partial charge in [-0.2, -0.15) is 0 Å². The lowest BCUT2D eigenvalue weighted by Gasteiger charge is -2.48. The highest BCUT2D eigenvalue weighted by Crippen LogP contribution is 2.33. The van der Waals surface area contributed by atoms with Crippen molar-refractivity contribution in [1.29, 1.82) is 0 Å². The lowest BCUT2D eigenvalue weighted by atomic mass is 9.96. The Kier molecular flexibility index (Phi) is 44.6. The number of nitrogens with one attached hydrogen (secondary N) is 1. The van der Waals surface area contributed by atoms with Crippen molar-refractivity contribution in [3.63, 3.8) is 0 Å². The molecule has 0 aromatic rings. The Balaban J connectivity index is 1.33. The molecular formula is C68H117NO18. The van der Waals surface area contributed by atoms with Crippen molar-refractivity contribution < 1.29 is 89.4 Å². The third-order valence-electron chi connectivity index (χ3n) is 16.2. The fraction of sp³-hybridized carbons (Fsp3) is 0.779. The number of rotatable bonds is 49. The van der Waals surface area contributed by atoms with Crippen molar-refractivity contribution in [3.05, 3.63) is 85.1 Å². The van der Waals surface area contributed by atoms with E-state index in [2.05, 4.69) is 92.1 Å². The summed E-state index contributed by atoms with van der Waals surface area (Å²) in [6, 6.07) is -0.991. The van der Waals surface area contributed by atoms with E-state index in [1.54, 1.807) is 6.08 Å². The van der Waals surface area contributed by atoms with Crippen LogP contribution in [0.3, 0.4) is 0 Å². The Labute approximate surface area is 520 Å². The van der Waals surface area contributed by atoms with Gasteiger partial charge in [0.1, 0.15) is 73.2 Å². The zero-order valence-corrected chi connectivity index (χ0v) is 52.7. The quantitative estimate of drug-likeness (QED) is 0.0203. The maximum absolute atomic E-state index is 13.3. The number of carbonyl (C=O) groups is 1. The summed E-state index contributed by atoms with van der Waals surface area (Å²) >= 11 is 0. The summed E-state index contributed by atoms with van der Waals surface area (Å²) in [5.41, 5.74) is 0. The summed E-state index contributed by atoms with van der Waals surface area (Å²) in [5.74, 6) is -0.291. The summed E-state index contributed by atoms with van der Waals surface area (Å²) in [7, 11) is 0. The van der Waals surface area contributed by atoms with Gasteiger partial charge in [-0.15, -0.1) is 0 Å². The molecule has 0 radical (unpaired) electrons. The smallest absolute Gasteiger partial charge is 0.220 e. The molecule has 3 rings (SSSR count). The molecular weight excluding hydrogens is 1120 g/mol. The van der Waals surface area contributed by atoms with Crippen LogP contribution < -0.4 is 5.32 Å². The van der Waals surface area contributed by atoms with Crippen LogP contribution in [0.4, 0.5) is 0 Å². The second kappa shape index (κ2) is 49.6. The first-order chi connectivity index (χ1) is 42.3. The van der Waals surface area contributed by atoms with Crippen molar-refractivity contribution in [2.45, 2.75) is 311 Å². The van der Waals surface area contributed by atoms with Crippen molar-refractivity contribution in [1.82, 2.24) is 5.32 Å². The Morgan fingerprint density at radius 1 is 0.425 bits per heavy atom. The zero-order chi connectivity index (χ0) is 63.3. The summed E-state index contributed by atoms with van der Waals surface area (Å²) in [5, 5.41) is 120. The van der Waals surface area contributed by atoms with Crippen LogP contribution >= 0.6 is 0 Å². The highest BCUT2D eigenvalue weighted by molar-refractivity contribution is 5.76.